The van der Waals surface area contributed by atoms with E-state index >= 15 is 0 Å². The number of hydrogen-bond donors (Lipinski definition) is 1. The van der Waals surface area contributed by atoms with Gasteiger partial charge in [-0.25, -0.2) is 4.98 Å². The van der Waals surface area contributed by atoms with Gasteiger partial charge in [0.05, 0.1) is 0 Å². The van der Waals surface area contributed by atoms with E-state index in [0.29, 0.717) is 10.2 Å². The maximum Gasteiger partial charge on any atom is 0.178 e. The molecule has 0 atom stereocenters. The van der Waals surface area contributed by atoms with Crippen LogP contribution in [0.4, 0.5) is 0 Å². The summed E-state index contributed by atoms with van der Waals surface area (Å²) in [4.78, 5) is 15.0. The van der Waals surface area contributed by atoms with Crippen molar-refractivity contribution in [2.45, 2.75) is 5.60 Å². The number of carbonyl (C=O) groups is 1. The van der Waals surface area contributed by atoms with Crippen molar-refractivity contribution in [3.05, 3.63) is 52.8 Å². The van der Waals surface area contributed by atoms with Gasteiger partial charge in [-0.05, 0) is 46.3 Å². The van der Waals surface area contributed by atoms with Crippen molar-refractivity contribution in [2.24, 2.45) is 0 Å². The van der Waals surface area contributed by atoms with E-state index in [0.717, 1.165) is 0 Å². The maximum atomic E-state index is 10.9. The lowest BCUT2D eigenvalue weighted by molar-refractivity contribution is -0.110. The Hall–Kier alpha value is -1.26. The fraction of sp³-hybridized carbons (Fsp3) is 0.0909. The van der Waals surface area contributed by atoms with Gasteiger partial charge in [-0.1, -0.05) is 6.07 Å². The molecule has 0 saturated carbocycles. The molecular formula is C11H8BrNO2. The highest BCUT2D eigenvalue weighted by atomic mass is 79.9. The molecule has 0 aliphatic heterocycles. The molecule has 3 nitrogen and oxygen atoms in total. The molecule has 1 aliphatic rings. The Kier molecular flexibility index (Phi) is 2.54. The van der Waals surface area contributed by atoms with Crippen LogP contribution in [-0.4, -0.2) is 15.9 Å². The number of ketones is 1. The predicted octanol–water partition coefficient (Wildman–Crippen LogP) is 1.73. The Morgan fingerprint density at radius 1 is 1.27 bits per heavy atom. The summed E-state index contributed by atoms with van der Waals surface area (Å²) >= 11 is 3.21. The van der Waals surface area contributed by atoms with E-state index in [2.05, 4.69) is 20.9 Å². The normalized spacial score (nSPS) is 18.1. The van der Waals surface area contributed by atoms with E-state index in [1.807, 2.05) is 0 Å². The van der Waals surface area contributed by atoms with Crippen molar-refractivity contribution >= 4 is 21.7 Å². The predicted molar refractivity (Wildman–Crippen MR) is 59.1 cm³/mol. The van der Waals surface area contributed by atoms with Crippen LogP contribution in [0.1, 0.15) is 5.56 Å². The van der Waals surface area contributed by atoms with Crippen LogP contribution in [0, 0.1) is 0 Å². The van der Waals surface area contributed by atoms with E-state index in [1.165, 1.54) is 24.3 Å². The van der Waals surface area contributed by atoms with E-state index in [4.69, 9.17) is 0 Å². The molecule has 0 bridgehead atoms. The average molecular weight is 266 g/mol. The zero-order valence-corrected chi connectivity index (χ0v) is 9.31. The molecule has 15 heavy (non-hydrogen) atoms. The number of allylic oxidation sites excluding steroid dienone is 2. The highest BCUT2D eigenvalue weighted by molar-refractivity contribution is 9.10. The van der Waals surface area contributed by atoms with Crippen molar-refractivity contribution in [2.75, 3.05) is 0 Å². The van der Waals surface area contributed by atoms with Gasteiger partial charge in [-0.15, -0.1) is 0 Å². The molecule has 1 N–H and O–H groups in total. The van der Waals surface area contributed by atoms with Crippen LogP contribution in [-0.2, 0) is 10.4 Å². The molecule has 0 fully saturated rings. The van der Waals surface area contributed by atoms with Crippen molar-refractivity contribution in [1.29, 1.82) is 0 Å². The number of rotatable bonds is 1. The monoisotopic (exact) mass is 265 g/mol. The smallest absolute Gasteiger partial charge is 0.178 e. The molecule has 0 aromatic carbocycles. The van der Waals surface area contributed by atoms with Gasteiger partial charge in [-0.2, -0.15) is 0 Å². The van der Waals surface area contributed by atoms with Gasteiger partial charge in [0.25, 0.3) is 0 Å². The first kappa shape index (κ1) is 10.3. The van der Waals surface area contributed by atoms with Gasteiger partial charge in [0.15, 0.2) is 5.78 Å². The summed E-state index contributed by atoms with van der Waals surface area (Å²) < 4.78 is 0.703. The number of aromatic nitrogens is 1. The summed E-state index contributed by atoms with van der Waals surface area (Å²) in [6.45, 7) is 0. The van der Waals surface area contributed by atoms with E-state index in [1.54, 1.807) is 18.3 Å². The number of pyridine rings is 1. The summed E-state index contributed by atoms with van der Waals surface area (Å²) in [5, 5.41) is 10.2. The Morgan fingerprint density at radius 3 is 2.47 bits per heavy atom. The van der Waals surface area contributed by atoms with Crippen LogP contribution in [0.3, 0.4) is 0 Å². The maximum absolute atomic E-state index is 10.9. The third kappa shape index (κ3) is 2.06. The highest BCUT2D eigenvalue weighted by Crippen LogP contribution is 2.26. The molecule has 4 heteroatoms. The third-order valence-corrected chi connectivity index (χ3v) is 2.66. The average Bonchev–Trinajstić information content (AvgIpc) is 2.24. The van der Waals surface area contributed by atoms with E-state index < -0.39 is 5.60 Å². The standard InChI is InChI=1S/C11H8BrNO2/c12-10-2-1-8(7-13-10)11(15)5-3-9(14)4-6-11/h1-7,15H. The largest absolute Gasteiger partial charge is 0.377 e. The molecule has 1 heterocycles. The minimum Gasteiger partial charge on any atom is -0.377 e. The van der Waals surface area contributed by atoms with Gasteiger partial charge in [-0.3, -0.25) is 4.79 Å². The second kappa shape index (κ2) is 3.72. The zero-order valence-electron chi connectivity index (χ0n) is 7.72. The van der Waals surface area contributed by atoms with Crippen molar-refractivity contribution in [1.82, 2.24) is 4.98 Å². The van der Waals surface area contributed by atoms with Gasteiger partial charge in [0.1, 0.15) is 10.2 Å². The third-order valence-electron chi connectivity index (χ3n) is 2.19. The quantitative estimate of drug-likeness (QED) is 0.787. The molecule has 1 aromatic heterocycles. The number of carbonyl (C=O) groups excluding carboxylic acids is 1. The van der Waals surface area contributed by atoms with Crippen LogP contribution in [0.15, 0.2) is 47.2 Å². The lowest BCUT2D eigenvalue weighted by atomic mass is 9.91. The first-order valence-corrected chi connectivity index (χ1v) is 5.16. The Labute approximate surface area is 95.3 Å². The summed E-state index contributed by atoms with van der Waals surface area (Å²) in [6.07, 6.45) is 7.18. The summed E-state index contributed by atoms with van der Waals surface area (Å²) in [6, 6.07) is 3.49. The second-order valence-electron chi connectivity index (χ2n) is 3.26. The van der Waals surface area contributed by atoms with Crippen LogP contribution < -0.4 is 0 Å². The van der Waals surface area contributed by atoms with Crippen LogP contribution in [0.2, 0.25) is 0 Å². The summed E-state index contributed by atoms with van der Waals surface area (Å²) in [7, 11) is 0. The molecule has 0 unspecified atom stereocenters. The number of halogens is 1. The Morgan fingerprint density at radius 2 is 1.93 bits per heavy atom. The number of hydrogen-bond acceptors (Lipinski definition) is 3. The molecule has 0 radical (unpaired) electrons. The van der Waals surface area contributed by atoms with Crippen LogP contribution >= 0.6 is 15.9 Å². The summed E-state index contributed by atoms with van der Waals surface area (Å²) in [5.74, 6) is -0.121. The fourth-order valence-electron chi connectivity index (χ4n) is 1.33. The SMILES string of the molecule is O=C1C=CC(O)(c2ccc(Br)nc2)C=C1. The molecular weight excluding hydrogens is 258 g/mol. The Balaban J connectivity index is 2.38. The van der Waals surface area contributed by atoms with Gasteiger partial charge in [0.2, 0.25) is 0 Å². The molecule has 1 aromatic rings. The Bertz CT molecular complexity index is 432. The minimum atomic E-state index is -1.22. The second-order valence-corrected chi connectivity index (χ2v) is 4.08. The van der Waals surface area contributed by atoms with Crippen LogP contribution in [0.5, 0.6) is 0 Å². The zero-order chi connectivity index (χ0) is 10.9. The first-order valence-electron chi connectivity index (χ1n) is 4.37. The molecule has 76 valence electrons. The molecule has 0 saturated heterocycles. The molecule has 2 rings (SSSR count). The highest BCUT2D eigenvalue weighted by Gasteiger charge is 2.25. The summed E-state index contributed by atoms with van der Waals surface area (Å²) in [5.41, 5.74) is -0.590. The van der Waals surface area contributed by atoms with E-state index in [9.17, 15) is 9.90 Å². The number of nitrogens with zero attached hydrogens (tertiary/aromatic N) is 1. The van der Waals surface area contributed by atoms with Gasteiger partial charge >= 0.3 is 0 Å². The number of aliphatic hydroxyl groups is 1. The first-order chi connectivity index (χ1) is 7.10. The minimum absolute atomic E-state index is 0.121. The topological polar surface area (TPSA) is 50.2 Å². The lowest BCUT2D eigenvalue weighted by Gasteiger charge is -2.22. The van der Waals surface area contributed by atoms with Crippen molar-refractivity contribution in [3.8, 4) is 0 Å². The molecule has 1 aliphatic carbocycles. The lowest BCUT2D eigenvalue weighted by Crippen LogP contribution is -2.23. The van der Waals surface area contributed by atoms with E-state index in [-0.39, 0.29) is 5.78 Å². The van der Waals surface area contributed by atoms with Gasteiger partial charge in [0, 0.05) is 11.8 Å². The fourth-order valence-corrected chi connectivity index (χ4v) is 1.57. The molecule has 0 amide bonds. The van der Waals surface area contributed by atoms with Crippen molar-refractivity contribution < 1.29 is 9.90 Å². The van der Waals surface area contributed by atoms with Crippen molar-refractivity contribution in [3.63, 3.8) is 0 Å². The van der Waals surface area contributed by atoms with Crippen LogP contribution in [0.25, 0.3) is 0 Å². The van der Waals surface area contributed by atoms with Gasteiger partial charge < -0.3 is 5.11 Å². The molecule has 0 spiro atoms.